The van der Waals surface area contributed by atoms with Crippen molar-refractivity contribution in [2.45, 2.75) is 31.4 Å². The maximum atomic E-state index is 12.2. The van der Waals surface area contributed by atoms with Crippen LogP contribution in [0.3, 0.4) is 0 Å². The third-order valence-corrected chi connectivity index (χ3v) is 4.51. The summed E-state index contributed by atoms with van der Waals surface area (Å²) in [5.74, 6) is -1.42. The average Bonchev–Trinajstić information content (AvgIpc) is 2.66. The van der Waals surface area contributed by atoms with E-state index < -0.39 is 12.0 Å². The Morgan fingerprint density at radius 3 is 2.62 bits per heavy atom. The first kappa shape index (κ1) is 18.4. The number of rotatable bonds is 7. The third kappa shape index (κ3) is 4.80. The van der Waals surface area contributed by atoms with Crippen molar-refractivity contribution in [1.82, 2.24) is 5.32 Å². The summed E-state index contributed by atoms with van der Waals surface area (Å²) in [6.45, 7) is 1.64. The molecule has 1 aliphatic heterocycles. The lowest BCUT2D eigenvalue weighted by Crippen LogP contribution is -2.34. The number of carbonyl (C=O) groups excluding carboxylic acids is 1. The number of hydrogen-bond acceptors (Lipinski definition) is 4. The first-order chi connectivity index (χ1) is 12.6. The number of hydrogen-bond donors (Lipinski definition) is 2. The predicted molar refractivity (Wildman–Crippen MR) is 96.9 cm³/mol. The Balaban J connectivity index is 1.58. The largest absolute Gasteiger partial charge is 0.479 e. The van der Waals surface area contributed by atoms with Gasteiger partial charge in [-0.3, -0.25) is 4.79 Å². The van der Waals surface area contributed by atoms with Gasteiger partial charge in [-0.15, -0.1) is 0 Å². The fraction of sp³-hybridized carbons (Fsp3) is 0.400. The summed E-state index contributed by atoms with van der Waals surface area (Å²) in [4.78, 5) is 23.8. The van der Waals surface area contributed by atoms with Crippen LogP contribution in [0, 0.1) is 0 Å². The number of carboxylic acid groups (broad SMARTS) is 1. The van der Waals surface area contributed by atoms with Gasteiger partial charge in [0.2, 0.25) is 5.91 Å². The number of carboxylic acids is 1. The van der Waals surface area contributed by atoms with Gasteiger partial charge in [0.05, 0.1) is 19.1 Å². The summed E-state index contributed by atoms with van der Waals surface area (Å²) < 4.78 is 10.9. The van der Waals surface area contributed by atoms with Gasteiger partial charge in [0.15, 0.2) is 6.04 Å². The van der Waals surface area contributed by atoms with E-state index in [1.807, 2.05) is 30.3 Å². The minimum Gasteiger partial charge on any atom is -0.479 e. The maximum Gasteiger partial charge on any atom is 0.330 e. The molecule has 1 unspecified atom stereocenters. The highest BCUT2D eigenvalue weighted by molar-refractivity contribution is 5.88. The summed E-state index contributed by atoms with van der Waals surface area (Å²) in [5.41, 5.74) is 0.551. The van der Waals surface area contributed by atoms with Gasteiger partial charge in [-0.05, 0) is 35.2 Å². The molecule has 0 radical (unpaired) electrons. The van der Waals surface area contributed by atoms with Crippen molar-refractivity contribution >= 4 is 22.6 Å². The van der Waals surface area contributed by atoms with Crippen LogP contribution in [-0.2, 0) is 19.1 Å². The number of nitrogens with one attached hydrogen (secondary N) is 1. The molecular formula is C20H23NO5. The fourth-order valence-electron chi connectivity index (χ4n) is 3.07. The van der Waals surface area contributed by atoms with Crippen molar-refractivity contribution in [1.29, 1.82) is 0 Å². The normalized spacial score (nSPS) is 16.3. The highest BCUT2D eigenvalue weighted by atomic mass is 16.5. The molecule has 138 valence electrons. The molecule has 1 atom stereocenters. The van der Waals surface area contributed by atoms with Gasteiger partial charge in [0.25, 0.3) is 0 Å². The van der Waals surface area contributed by atoms with E-state index in [1.165, 1.54) is 0 Å². The second-order valence-corrected chi connectivity index (χ2v) is 6.38. The topological polar surface area (TPSA) is 84.9 Å². The molecule has 1 heterocycles. The van der Waals surface area contributed by atoms with Crippen LogP contribution in [0.5, 0.6) is 0 Å². The van der Waals surface area contributed by atoms with Crippen molar-refractivity contribution in [2.75, 3.05) is 19.8 Å². The maximum absolute atomic E-state index is 12.2. The molecule has 6 heteroatoms. The summed E-state index contributed by atoms with van der Waals surface area (Å²) in [7, 11) is 0. The SMILES string of the molecule is O=C(CCOC1CCOCC1)NC(C(=O)O)c1ccc2ccccc2c1. The van der Waals surface area contributed by atoms with Gasteiger partial charge < -0.3 is 19.9 Å². The van der Waals surface area contributed by atoms with Crippen LogP contribution < -0.4 is 5.32 Å². The van der Waals surface area contributed by atoms with Crippen molar-refractivity contribution in [3.63, 3.8) is 0 Å². The Bertz CT molecular complexity index is 770. The van der Waals surface area contributed by atoms with Crippen LogP contribution in [0.1, 0.15) is 30.9 Å². The van der Waals surface area contributed by atoms with Gasteiger partial charge in [0, 0.05) is 13.2 Å². The van der Waals surface area contributed by atoms with Crippen molar-refractivity contribution in [3.05, 3.63) is 48.0 Å². The van der Waals surface area contributed by atoms with Crippen LogP contribution in [0.25, 0.3) is 10.8 Å². The van der Waals surface area contributed by atoms with E-state index in [0.29, 0.717) is 18.8 Å². The van der Waals surface area contributed by atoms with E-state index in [1.54, 1.807) is 12.1 Å². The highest BCUT2D eigenvalue weighted by Gasteiger charge is 2.22. The van der Waals surface area contributed by atoms with Crippen molar-refractivity contribution < 1.29 is 24.2 Å². The lowest BCUT2D eigenvalue weighted by Gasteiger charge is -2.22. The van der Waals surface area contributed by atoms with E-state index in [4.69, 9.17) is 9.47 Å². The minimum atomic E-state index is -1.08. The Kier molecular flexibility index (Phi) is 6.20. The Morgan fingerprint density at radius 1 is 1.15 bits per heavy atom. The molecule has 0 aromatic heterocycles. The molecule has 0 saturated carbocycles. The number of amides is 1. The zero-order valence-electron chi connectivity index (χ0n) is 14.5. The highest BCUT2D eigenvalue weighted by Crippen LogP contribution is 2.21. The quantitative estimate of drug-likeness (QED) is 0.796. The van der Waals surface area contributed by atoms with Crippen LogP contribution in [0.2, 0.25) is 0 Å². The number of benzene rings is 2. The van der Waals surface area contributed by atoms with Gasteiger partial charge in [-0.25, -0.2) is 4.79 Å². The second kappa shape index (κ2) is 8.78. The molecule has 0 spiro atoms. The molecule has 2 aromatic rings. The third-order valence-electron chi connectivity index (χ3n) is 4.51. The van der Waals surface area contributed by atoms with Gasteiger partial charge in [0.1, 0.15) is 0 Å². The second-order valence-electron chi connectivity index (χ2n) is 6.38. The molecule has 0 aliphatic carbocycles. The number of ether oxygens (including phenoxy) is 2. The first-order valence-electron chi connectivity index (χ1n) is 8.84. The smallest absolute Gasteiger partial charge is 0.330 e. The van der Waals surface area contributed by atoms with Crippen LogP contribution in [0.4, 0.5) is 0 Å². The van der Waals surface area contributed by atoms with Crippen LogP contribution in [-0.4, -0.2) is 42.9 Å². The molecular weight excluding hydrogens is 334 g/mol. The Morgan fingerprint density at radius 2 is 1.88 bits per heavy atom. The van der Waals surface area contributed by atoms with Gasteiger partial charge in [-0.1, -0.05) is 36.4 Å². The predicted octanol–water partition coefficient (Wildman–Crippen LogP) is 2.67. The Hall–Kier alpha value is -2.44. The molecule has 3 rings (SSSR count). The first-order valence-corrected chi connectivity index (χ1v) is 8.84. The molecule has 2 N–H and O–H groups in total. The summed E-state index contributed by atoms with van der Waals surface area (Å²) in [6, 6.07) is 12.0. The van der Waals surface area contributed by atoms with E-state index >= 15 is 0 Å². The van der Waals surface area contributed by atoms with E-state index in [9.17, 15) is 14.7 Å². The monoisotopic (exact) mass is 357 g/mol. The molecule has 6 nitrogen and oxygen atoms in total. The van der Waals surface area contributed by atoms with Crippen molar-refractivity contribution in [2.24, 2.45) is 0 Å². The molecule has 26 heavy (non-hydrogen) atoms. The van der Waals surface area contributed by atoms with Gasteiger partial charge in [-0.2, -0.15) is 0 Å². The zero-order chi connectivity index (χ0) is 18.4. The van der Waals surface area contributed by atoms with E-state index in [-0.39, 0.29) is 25.0 Å². The van der Waals surface area contributed by atoms with E-state index in [0.717, 1.165) is 23.6 Å². The molecule has 1 amide bonds. The van der Waals surface area contributed by atoms with Crippen LogP contribution >= 0.6 is 0 Å². The Labute approximate surface area is 152 Å². The summed E-state index contributed by atoms with van der Waals surface area (Å²) in [6.07, 6.45) is 1.91. The molecule has 1 aliphatic rings. The summed E-state index contributed by atoms with van der Waals surface area (Å²) >= 11 is 0. The lowest BCUT2D eigenvalue weighted by molar-refractivity contribution is -0.142. The lowest BCUT2D eigenvalue weighted by atomic mass is 10.0. The van der Waals surface area contributed by atoms with E-state index in [2.05, 4.69) is 5.32 Å². The molecule has 2 aromatic carbocycles. The van der Waals surface area contributed by atoms with Crippen molar-refractivity contribution in [3.8, 4) is 0 Å². The average molecular weight is 357 g/mol. The fourth-order valence-corrected chi connectivity index (χ4v) is 3.07. The van der Waals surface area contributed by atoms with Gasteiger partial charge >= 0.3 is 5.97 Å². The molecule has 0 bridgehead atoms. The van der Waals surface area contributed by atoms with Crippen LogP contribution in [0.15, 0.2) is 42.5 Å². The molecule has 1 fully saturated rings. The number of fused-ring (bicyclic) bond motifs is 1. The number of aliphatic carboxylic acids is 1. The molecule has 1 saturated heterocycles. The number of carbonyl (C=O) groups is 2. The standard InChI is InChI=1S/C20H23NO5/c22-18(9-12-26-17-7-10-25-11-8-17)21-19(20(23)24)16-6-5-14-3-1-2-4-15(14)13-16/h1-6,13,17,19H,7-12H2,(H,21,22)(H,23,24). The minimum absolute atomic E-state index is 0.118. The summed E-state index contributed by atoms with van der Waals surface area (Å²) in [5, 5.41) is 14.1. The zero-order valence-corrected chi connectivity index (χ0v) is 14.5.